The van der Waals surface area contributed by atoms with Crippen molar-refractivity contribution in [3.05, 3.63) is 35.9 Å². The molecule has 0 N–H and O–H groups in total. The lowest BCUT2D eigenvalue weighted by atomic mass is 9.79. The van der Waals surface area contributed by atoms with Crippen molar-refractivity contribution < 1.29 is 9.53 Å². The van der Waals surface area contributed by atoms with Gasteiger partial charge in [-0.25, -0.2) is 0 Å². The van der Waals surface area contributed by atoms with Crippen molar-refractivity contribution in [3.63, 3.8) is 0 Å². The molecule has 6 heteroatoms. The first kappa shape index (κ1) is 16.8. The molecule has 1 aliphatic rings. The highest BCUT2D eigenvalue weighted by atomic mass is 79.9. The molecule has 1 aromatic carbocycles. The number of carbonyl (C=O) groups is 1. The van der Waals surface area contributed by atoms with Gasteiger partial charge in [-0.1, -0.05) is 67.0 Å². The number of ketones is 1. The third-order valence-corrected chi connectivity index (χ3v) is 3.88. The van der Waals surface area contributed by atoms with Crippen molar-refractivity contribution in [1.29, 1.82) is 0 Å². The molecule has 1 heterocycles. The second-order valence-corrected chi connectivity index (χ2v) is 6.56. The van der Waals surface area contributed by atoms with Gasteiger partial charge in [0.2, 0.25) is 11.5 Å². The first-order valence-corrected chi connectivity index (χ1v) is 8.15. The molecule has 0 fully saturated rings. The Balaban J connectivity index is 2.48. The molecule has 1 aliphatic heterocycles. The zero-order valence-corrected chi connectivity index (χ0v) is 14.6. The minimum Gasteiger partial charge on any atom is -0.336 e. The van der Waals surface area contributed by atoms with Gasteiger partial charge in [0.25, 0.3) is 0 Å². The Hall–Kier alpha value is -1.53. The Morgan fingerprint density at radius 1 is 1.23 bits per heavy atom. The topological polar surface area (TPSA) is 54.3 Å². The number of Topliss-reactive ketones (excluding diaryl/α,β-unsaturated/α-hetero) is 1. The first-order valence-electron chi connectivity index (χ1n) is 7.03. The van der Waals surface area contributed by atoms with E-state index in [2.05, 4.69) is 26.1 Å². The zero-order chi connectivity index (χ0) is 16.2. The number of nitrogens with zero attached hydrogens (tertiary/aromatic N) is 3. The Kier molecular flexibility index (Phi) is 5.13. The third-order valence-electron chi connectivity index (χ3n) is 3.65. The summed E-state index contributed by atoms with van der Waals surface area (Å²) in [4.78, 5) is 14.6. The molecule has 0 unspecified atom stereocenters. The van der Waals surface area contributed by atoms with Gasteiger partial charge >= 0.3 is 0 Å². The van der Waals surface area contributed by atoms with E-state index in [1.165, 1.54) is 6.21 Å². The molecule has 0 aromatic heterocycles. The third kappa shape index (κ3) is 3.13. The molecule has 0 bridgehead atoms. The second-order valence-electron chi connectivity index (χ2n) is 6.10. The molecule has 1 aromatic rings. The van der Waals surface area contributed by atoms with E-state index in [4.69, 9.17) is 4.74 Å². The van der Waals surface area contributed by atoms with E-state index in [1.807, 2.05) is 56.0 Å². The average Bonchev–Trinajstić information content (AvgIpc) is 2.62. The van der Waals surface area contributed by atoms with Gasteiger partial charge in [0.15, 0.2) is 0 Å². The van der Waals surface area contributed by atoms with Gasteiger partial charge in [0.1, 0.15) is 11.9 Å². The maximum atomic E-state index is 12.8. The van der Waals surface area contributed by atoms with Crippen molar-refractivity contribution >= 4 is 34.3 Å². The van der Waals surface area contributed by atoms with Crippen LogP contribution < -0.4 is 0 Å². The van der Waals surface area contributed by atoms with Gasteiger partial charge in [-0.05, 0) is 5.56 Å². The first-order chi connectivity index (χ1) is 10.4. The maximum absolute atomic E-state index is 12.8. The number of rotatable bonds is 4. The van der Waals surface area contributed by atoms with Crippen LogP contribution in [0.15, 0.2) is 40.5 Å². The van der Waals surface area contributed by atoms with Gasteiger partial charge in [-0.3, -0.25) is 4.79 Å². The van der Waals surface area contributed by atoms with Gasteiger partial charge < -0.3 is 9.64 Å². The van der Waals surface area contributed by atoms with E-state index in [0.29, 0.717) is 6.54 Å². The predicted octanol–water partition coefficient (Wildman–Crippen LogP) is 3.20. The predicted molar refractivity (Wildman–Crippen MR) is 91.0 cm³/mol. The quantitative estimate of drug-likeness (QED) is 0.769. The molecule has 0 amide bonds. The highest BCUT2D eigenvalue weighted by Gasteiger charge is 2.53. The molecular formula is C16H20BrN3O2. The van der Waals surface area contributed by atoms with Gasteiger partial charge in [0.05, 0.1) is 6.21 Å². The van der Waals surface area contributed by atoms with Crippen molar-refractivity contribution in [3.8, 4) is 0 Å². The van der Waals surface area contributed by atoms with Crippen molar-refractivity contribution in [2.24, 2.45) is 15.6 Å². The summed E-state index contributed by atoms with van der Waals surface area (Å²) in [7, 11) is 0. The maximum Gasteiger partial charge on any atom is 0.228 e. The fraction of sp³-hybridized carbons (Fsp3) is 0.438. The van der Waals surface area contributed by atoms with E-state index in [0.717, 1.165) is 5.56 Å². The lowest BCUT2D eigenvalue weighted by Crippen LogP contribution is -2.63. The number of hydrogen-bond acceptors (Lipinski definition) is 5. The SMILES string of the molecule is CC(C)(C)[C@@]1(OCBr)C(=O)C=NN=CN1Cc1ccccc1. The molecule has 0 saturated heterocycles. The molecule has 2 rings (SSSR count). The highest BCUT2D eigenvalue weighted by molar-refractivity contribution is 9.09. The number of alkyl halides is 1. The summed E-state index contributed by atoms with van der Waals surface area (Å²) in [6.07, 6.45) is 2.80. The second kappa shape index (κ2) is 6.71. The summed E-state index contributed by atoms with van der Waals surface area (Å²) < 4.78 is 5.92. The van der Waals surface area contributed by atoms with Crippen LogP contribution in [0.4, 0.5) is 0 Å². The zero-order valence-electron chi connectivity index (χ0n) is 13.0. The fourth-order valence-corrected chi connectivity index (χ4v) is 3.00. The number of benzene rings is 1. The summed E-state index contributed by atoms with van der Waals surface area (Å²) in [6.45, 7) is 6.42. The van der Waals surface area contributed by atoms with Crippen LogP contribution in [0.25, 0.3) is 0 Å². The van der Waals surface area contributed by atoms with E-state index < -0.39 is 11.1 Å². The largest absolute Gasteiger partial charge is 0.336 e. The van der Waals surface area contributed by atoms with Gasteiger partial charge in [0, 0.05) is 12.0 Å². The monoisotopic (exact) mass is 365 g/mol. The van der Waals surface area contributed by atoms with Crippen LogP contribution in [0, 0.1) is 5.41 Å². The minimum atomic E-state index is -1.17. The molecular weight excluding hydrogens is 346 g/mol. The Morgan fingerprint density at radius 3 is 2.50 bits per heavy atom. The summed E-state index contributed by atoms with van der Waals surface area (Å²) in [6, 6.07) is 9.90. The number of carbonyl (C=O) groups excluding carboxylic acids is 1. The lowest BCUT2D eigenvalue weighted by molar-refractivity contribution is -0.183. The Bertz CT molecular complexity index is 581. The van der Waals surface area contributed by atoms with Crippen molar-refractivity contribution in [2.75, 3.05) is 5.52 Å². The summed E-state index contributed by atoms with van der Waals surface area (Å²) in [5.41, 5.74) is -0.344. The van der Waals surface area contributed by atoms with E-state index in [9.17, 15) is 4.79 Å². The van der Waals surface area contributed by atoms with Crippen LogP contribution in [0.1, 0.15) is 26.3 Å². The van der Waals surface area contributed by atoms with Crippen LogP contribution >= 0.6 is 15.9 Å². The average molecular weight is 366 g/mol. The molecule has 0 saturated carbocycles. The molecule has 1 atom stereocenters. The highest BCUT2D eigenvalue weighted by Crippen LogP contribution is 2.39. The van der Waals surface area contributed by atoms with E-state index in [1.54, 1.807) is 6.34 Å². The molecule has 22 heavy (non-hydrogen) atoms. The van der Waals surface area contributed by atoms with Crippen LogP contribution in [0.2, 0.25) is 0 Å². The Labute approximate surface area is 139 Å². The van der Waals surface area contributed by atoms with Crippen LogP contribution in [0.3, 0.4) is 0 Å². The summed E-state index contributed by atoms with van der Waals surface area (Å²) in [5.74, 6) is -0.215. The molecule has 5 nitrogen and oxygen atoms in total. The lowest BCUT2D eigenvalue weighted by Gasteiger charge is -2.47. The minimum absolute atomic E-state index is 0.215. The Morgan fingerprint density at radius 2 is 1.91 bits per heavy atom. The van der Waals surface area contributed by atoms with Crippen LogP contribution in [0.5, 0.6) is 0 Å². The number of hydrogen-bond donors (Lipinski definition) is 0. The van der Waals surface area contributed by atoms with Gasteiger partial charge in [-0.15, -0.1) is 5.10 Å². The summed E-state index contributed by atoms with van der Waals surface area (Å²) in [5, 5.41) is 7.74. The van der Waals surface area contributed by atoms with Crippen LogP contribution in [-0.4, -0.2) is 34.5 Å². The summed E-state index contributed by atoms with van der Waals surface area (Å²) >= 11 is 3.29. The molecule has 0 spiro atoms. The van der Waals surface area contributed by atoms with E-state index in [-0.39, 0.29) is 11.3 Å². The standard InChI is InChI=1S/C16H20BrN3O2/c1-15(2,3)16(22-11-17)14(21)9-18-19-12-20(16)10-13-7-5-4-6-8-13/h4-9,12H,10-11H2,1-3H3/t16-/m0/s1. The fourth-order valence-electron chi connectivity index (χ4n) is 2.67. The van der Waals surface area contributed by atoms with Crippen molar-refractivity contribution in [2.45, 2.75) is 33.0 Å². The smallest absolute Gasteiger partial charge is 0.228 e. The van der Waals surface area contributed by atoms with Crippen molar-refractivity contribution in [1.82, 2.24) is 4.90 Å². The molecule has 0 radical (unpaired) electrons. The van der Waals surface area contributed by atoms with E-state index >= 15 is 0 Å². The van der Waals surface area contributed by atoms with Crippen LogP contribution in [-0.2, 0) is 16.1 Å². The molecule has 0 aliphatic carbocycles. The molecule has 118 valence electrons. The normalized spacial score (nSPS) is 22.0. The van der Waals surface area contributed by atoms with Gasteiger partial charge in [-0.2, -0.15) is 5.10 Å². The number of ether oxygens (including phenoxy) is 1. The number of halogens is 1.